The van der Waals surface area contributed by atoms with E-state index < -0.39 is 9.84 Å². The third-order valence-corrected chi connectivity index (χ3v) is 5.06. The summed E-state index contributed by atoms with van der Waals surface area (Å²) in [5.74, 6) is 0.894. The van der Waals surface area contributed by atoms with Crippen LogP contribution in [0.2, 0.25) is 0 Å². The summed E-state index contributed by atoms with van der Waals surface area (Å²) in [5, 5.41) is 0.972. The smallest absolute Gasteiger partial charge is 0.152 e. The van der Waals surface area contributed by atoms with Gasteiger partial charge < -0.3 is 0 Å². The number of hydrogen-bond acceptors (Lipinski definition) is 3. The Morgan fingerprint density at radius 1 is 1.25 bits per heavy atom. The van der Waals surface area contributed by atoms with Gasteiger partial charge in [-0.1, -0.05) is 0 Å². The van der Waals surface area contributed by atoms with Gasteiger partial charge in [-0.15, -0.1) is 0 Å². The summed E-state index contributed by atoms with van der Waals surface area (Å²) in [6, 6.07) is 0. The Kier molecular flexibility index (Phi) is 0.791. The molecular weight excluding hydrogens is 144 g/mol. The van der Waals surface area contributed by atoms with Crippen LogP contribution in [0.25, 0.3) is 0 Å². The van der Waals surface area contributed by atoms with E-state index in [1.54, 1.807) is 11.8 Å². The van der Waals surface area contributed by atoms with Crippen molar-refractivity contribution in [3.63, 3.8) is 0 Å². The summed E-state index contributed by atoms with van der Waals surface area (Å²) in [4.78, 5) is 0. The Bertz CT molecular complexity index is 190. The SMILES string of the molecule is O=S1(=O)C[C@H]2S[C@@H]2C1. The van der Waals surface area contributed by atoms with Gasteiger partial charge in [0.15, 0.2) is 9.84 Å². The molecule has 0 aromatic heterocycles. The van der Waals surface area contributed by atoms with Crippen LogP contribution in [0.15, 0.2) is 0 Å². The molecule has 0 radical (unpaired) electrons. The fourth-order valence-electron chi connectivity index (χ4n) is 1.04. The van der Waals surface area contributed by atoms with Crippen LogP contribution in [-0.2, 0) is 9.84 Å². The zero-order chi connectivity index (χ0) is 5.78. The maximum absolute atomic E-state index is 10.7. The van der Waals surface area contributed by atoms with Gasteiger partial charge in [-0.05, 0) is 0 Å². The highest BCUT2D eigenvalue weighted by atomic mass is 32.2. The second-order valence-electron chi connectivity index (χ2n) is 2.29. The average Bonchev–Trinajstić information content (AvgIpc) is 2.11. The van der Waals surface area contributed by atoms with Gasteiger partial charge in [0.05, 0.1) is 11.5 Å². The van der Waals surface area contributed by atoms with E-state index in [1.807, 2.05) is 0 Å². The molecule has 0 aromatic rings. The van der Waals surface area contributed by atoms with Crippen molar-refractivity contribution in [2.45, 2.75) is 10.5 Å². The predicted molar refractivity (Wildman–Crippen MR) is 33.8 cm³/mol. The standard InChI is InChI=1S/C4H6O2S2/c5-8(6)1-3-4(2-8)7-3/h3-4H,1-2H2/t3-,4-/m1/s1. The number of thioether (sulfide) groups is 1. The molecule has 4 heteroatoms. The highest BCUT2D eigenvalue weighted by molar-refractivity contribution is 8.11. The van der Waals surface area contributed by atoms with Crippen molar-refractivity contribution < 1.29 is 8.42 Å². The lowest BCUT2D eigenvalue weighted by Gasteiger charge is -1.89. The van der Waals surface area contributed by atoms with Crippen LogP contribution in [-0.4, -0.2) is 30.4 Å². The normalized spacial score (nSPS) is 48.5. The zero-order valence-electron chi connectivity index (χ0n) is 4.20. The molecule has 0 amide bonds. The van der Waals surface area contributed by atoms with Gasteiger partial charge in [0.2, 0.25) is 0 Å². The summed E-state index contributed by atoms with van der Waals surface area (Å²) < 4.78 is 21.3. The van der Waals surface area contributed by atoms with E-state index in [4.69, 9.17) is 0 Å². The molecule has 0 aromatic carbocycles. The maximum atomic E-state index is 10.7. The Morgan fingerprint density at radius 2 is 1.75 bits per heavy atom. The first kappa shape index (κ1) is 5.11. The predicted octanol–water partition coefficient (Wildman–Crippen LogP) is -0.101. The molecule has 0 bridgehead atoms. The molecule has 2 aliphatic heterocycles. The quantitative estimate of drug-likeness (QED) is 0.452. The maximum Gasteiger partial charge on any atom is 0.152 e. The summed E-state index contributed by atoms with van der Waals surface area (Å²) in [6.45, 7) is 0. The number of fused-ring (bicyclic) bond motifs is 1. The van der Waals surface area contributed by atoms with Crippen molar-refractivity contribution in [1.82, 2.24) is 0 Å². The van der Waals surface area contributed by atoms with Crippen molar-refractivity contribution in [1.29, 1.82) is 0 Å². The molecule has 2 nitrogen and oxygen atoms in total. The molecule has 2 saturated heterocycles. The van der Waals surface area contributed by atoms with Gasteiger partial charge >= 0.3 is 0 Å². The van der Waals surface area contributed by atoms with Gasteiger partial charge in [-0.25, -0.2) is 8.42 Å². The Morgan fingerprint density at radius 3 is 2.00 bits per heavy atom. The summed E-state index contributed by atoms with van der Waals surface area (Å²) in [5.41, 5.74) is 0. The first-order valence-corrected chi connectivity index (χ1v) is 5.30. The van der Waals surface area contributed by atoms with Crippen LogP contribution in [0.4, 0.5) is 0 Å². The number of hydrogen-bond donors (Lipinski definition) is 0. The minimum Gasteiger partial charge on any atom is -0.229 e. The van der Waals surface area contributed by atoms with Crippen molar-refractivity contribution in [2.24, 2.45) is 0 Å². The van der Waals surface area contributed by atoms with Crippen molar-refractivity contribution >= 4 is 21.6 Å². The highest BCUT2D eigenvalue weighted by Gasteiger charge is 2.50. The van der Waals surface area contributed by atoms with Gasteiger partial charge in [0, 0.05) is 10.5 Å². The van der Waals surface area contributed by atoms with E-state index in [0.717, 1.165) is 0 Å². The lowest BCUT2D eigenvalue weighted by Crippen LogP contribution is -2.05. The molecule has 0 unspecified atom stereocenters. The summed E-state index contributed by atoms with van der Waals surface area (Å²) in [7, 11) is -2.57. The molecule has 2 rings (SSSR count). The Hall–Kier alpha value is 0.300. The minimum absolute atomic E-state index is 0.447. The third kappa shape index (κ3) is 0.666. The molecule has 2 fully saturated rings. The van der Waals surface area contributed by atoms with Crippen LogP contribution >= 0.6 is 11.8 Å². The molecule has 0 N–H and O–H groups in total. The first-order chi connectivity index (χ1) is 3.67. The Labute approximate surface area is 52.6 Å². The lowest BCUT2D eigenvalue weighted by atomic mass is 10.4. The van der Waals surface area contributed by atoms with Gasteiger partial charge in [0.25, 0.3) is 0 Å². The summed E-state index contributed by atoms with van der Waals surface area (Å²) in [6.07, 6.45) is 0. The Balaban J connectivity index is 2.30. The van der Waals surface area contributed by atoms with E-state index in [-0.39, 0.29) is 0 Å². The van der Waals surface area contributed by atoms with Crippen LogP contribution in [0, 0.1) is 0 Å². The molecule has 0 saturated carbocycles. The zero-order valence-corrected chi connectivity index (χ0v) is 5.83. The van der Waals surface area contributed by atoms with Gasteiger partial charge in [0.1, 0.15) is 0 Å². The van der Waals surface area contributed by atoms with Crippen LogP contribution < -0.4 is 0 Å². The highest BCUT2D eigenvalue weighted by Crippen LogP contribution is 2.47. The van der Waals surface area contributed by atoms with Crippen LogP contribution in [0.3, 0.4) is 0 Å². The average molecular weight is 150 g/mol. The fourth-order valence-corrected chi connectivity index (χ4v) is 5.31. The van der Waals surface area contributed by atoms with Crippen molar-refractivity contribution in [3.8, 4) is 0 Å². The monoisotopic (exact) mass is 150 g/mol. The van der Waals surface area contributed by atoms with E-state index >= 15 is 0 Å². The van der Waals surface area contributed by atoms with Gasteiger partial charge in [-0.2, -0.15) is 11.8 Å². The molecule has 2 heterocycles. The summed E-state index contributed by atoms with van der Waals surface area (Å²) >= 11 is 1.80. The first-order valence-electron chi connectivity index (χ1n) is 2.53. The van der Waals surface area contributed by atoms with E-state index in [1.165, 1.54) is 0 Å². The van der Waals surface area contributed by atoms with Crippen molar-refractivity contribution in [2.75, 3.05) is 11.5 Å². The van der Waals surface area contributed by atoms with Crippen molar-refractivity contribution in [3.05, 3.63) is 0 Å². The fraction of sp³-hybridized carbons (Fsp3) is 1.00. The number of sulfone groups is 1. The molecule has 0 spiro atoms. The third-order valence-electron chi connectivity index (χ3n) is 1.52. The van der Waals surface area contributed by atoms with Gasteiger partial charge in [-0.3, -0.25) is 0 Å². The van der Waals surface area contributed by atoms with E-state index in [9.17, 15) is 8.42 Å². The molecule has 0 aliphatic carbocycles. The van der Waals surface area contributed by atoms with E-state index in [0.29, 0.717) is 22.0 Å². The molecule has 46 valence electrons. The molecule has 2 aliphatic rings. The lowest BCUT2D eigenvalue weighted by molar-refractivity contribution is 0.602. The molecular formula is C4H6O2S2. The second-order valence-corrected chi connectivity index (χ2v) is 5.93. The number of rotatable bonds is 0. The minimum atomic E-state index is -2.57. The van der Waals surface area contributed by atoms with E-state index in [2.05, 4.69) is 0 Å². The second kappa shape index (κ2) is 1.24. The largest absolute Gasteiger partial charge is 0.229 e. The molecule has 8 heavy (non-hydrogen) atoms. The molecule has 2 atom stereocenters. The topological polar surface area (TPSA) is 34.1 Å². The van der Waals surface area contributed by atoms with Crippen LogP contribution in [0.1, 0.15) is 0 Å². The van der Waals surface area contributed by atoms with Crippen LogP contribution in [0.5, 0.6) is 0 Å².